The SMILES string of the molecule is Cc1cccnc1NC(=O)CC1CCOCC1. The Kier molecular flexibility index (Phi) is 4.09. The number of amides is 1. The molecule has 0 aliphatic carbocycles. The molecule has 17 heavy (non-hydrogen) atoms. The average Bonchev–Trinajstić information content (AvgIpc) is 2.33. The van der Waals surface area contributed by atoms with Gasteiger partial charge in [0, 0.05) is 25.8 Å². The minimum absolute atomic E-state index is 0.0544. The summed E-state index contributed by atoms with van der Waals surface area (Å²) in [5.74, 6) is 1.18. The van der Waals surface area contributed by atoms with Gasteiger partial charge in [0.15, 0.2) is 0 Å². The van der Waals surface area contributed by atoms with Gasteiger partial charge in [-0.3, -0.25) is 4.79 Å². The number of hydrogen-bond donors (Lipinski definition) is 1. The zero-order chi connectivity index (χ0) is 12.1. The number of nitrogens with zero attached hydrogens (tertiary/aromatic N) is 1. The quantitative estimate of drug-likeness (QED) is 0.871. The molecule has 0 spiro atoms. The maximum absolute atomic E-state index is 11.8. The van der Waals surface area contributed by atoms with Crippen molar-refractivity contribution in [1.82, 2.24) is 4.98 Å². The molecule has 1 aromatic heterocycles. The van der Waals surface area contributed by atoms with Gasteiger partial charge in [0.1, 0.15) is 5.82 Å². The molecule has 2 heterocycles. The molecule has 1 aliphatic rings. The number of aryl methyl sites for hydroxylation is 1. The maximum atomic E-state index is 11.8. The molecule has 1 amide bonds. The third-order valence-electron chi connectivity index (χ3n) is 3.08. The molecule has 0 radical (unpaired) electrons. The fraction of sp³-hybridized carbons (Fsp3) is 0.538. The van der Waals surface area contributed by atoms with Crippen LogP contribution in [0.4, 0.5) is 5.82 Å². The Balaban J connectivity index is 1.86. The highest BCUT2D eigenvalue weighted by molar-refractivity contribution is 5.90. The molecular weight excluding hydrogens is 216 g/mol. The highest BCUT2D eigenvalue weighted by Crippen LogP contribution is 2.19. The number of aromatic nitrogens is 1. The van der Waals surface area contributed by atoms with E-state index in [9.17, 15) is 4.79 Å². The summed E-state index contributed by atoms with van der Waals surface area (Å²) in [6.07, 6.45) is 4.22. The van der Waals surface area contributed by atoms with Crippen molar-refractivity contribution in [3.63, 3.8) is 0 Å². The molecular formula is C13H18N2O2. The second-order valence-corrected chi connectivity index (χ2v) is 4.48. The Hall–Kier alpha value is -1.42. The van der Waals surface area contributed by atoms with Gasteiger partial charge in [-0.2, -0.15) is 0 Å². The number of ether oxygens (including phenoxy) is 1. The predicted octanol–water partition coefficient (Wildman–Crippen LogP) is 2.15. The van der Waals surface area contributed by atoms with Gasteiger partial charge in [0.2, 0.25) is 5.91 Å². The first kappa shape index (κ1) is 12.0. The summed E-state index contributed by atoms with van der Waals surface area (Å²) in [6, 6.07) is 3.81. The van der Waals surface area contributed by atoms with Crippen LogP contribution in [0.25, 0.3) is 0 Å². The Morgan fingerprint density at radius 1 is 1.53 bits per heavy atom. The summed E-state index contributed by atoms with van der Waals surface area (Å²) in [7, 11) is 0. The zero-order valence-electron chi connectivity index (χ0n) is 10.1. The number of anilines is 1. The average molecular weight is 234 g/mol. The van der Waals surface area contributed by atoms with Crippen LogP contribution < -0.4 is 5.32 Å². The van der Waals surface area contributed by atoms with Crippen molar-refractivity contribution in [1.29, 1.82) is 0 Å². The maximum Gasteiger partial charge on any atom is 0.225 e. The standard InChI is InChI=1S/C13H18N2O2/c1-10-3-2-6-14-13(10)15-12(16)9-11-4-7-17-8-5-11/h2-3,6,11H,4-5,7-9H2,1H3,(H,14,15,16). The van der Waals surface area contributed by atoms with Crippen LogP contribution in [0, 0.1) is 12.8 Å². The normalized spacial score (nSPS) is 16.8. The van der Waals surface area contributed by atoms with Gasteiger partial charge in [-0.15, -0.1) is 0 Å². The van der Waals surface area contributed by atoms with Gasteiger partial charge in [-0.25, -0.2) is 4.98 Å². The van der Waals surface area contributed by atoms with Crippen molar-refractivity contribution in [2.45, 2.75) is 26.2 Å². The molecule has 4 heteroatoms. The lowest BCUT2D eigenvalue weighted by molar-refractivity contribution is -0.117. The minimum atomic E-state index is 0.0544. The predicted molar refractivity (Wildman–Crippen MR) is 65.8 cm³/mol. The van der Waals surface area contributed by atoms with Crippen LogP contribution in [0.5, 0.6) is 0 Å². The van der Waals surface area contributed by atoms with E-state index in [1.807, 2.05) is 19.1 Å². The van der Waals surface area contributed by atoms with E-state index < -0.39 is 0 Å². The number of hydrogen-bond acceptors (Lipinski definition) is 3. The molecule has 0 unspecified atom stereocenters. The molecule has 4 nitrogen and oxygen atoms in total. The molecule has 1 N–H and O–H groups in total. The summed E-state index contributed by atoms with van der Waals surface area (Å²) in [5, 5.41) is 2.87. The zero-order valence-corrected chi connectivity index (χ0v) is 10.1. The van der Waals surface area contributed by atoms with Crippen LogP contribution >= 0.6 is 0 Å². The van der Waals surface area contributed by atoms with Crippen LogP contribution in [-0.4, -0.2) is 24.1 Å². The topological polar surface area (TPSA) is 51.2 Å². The fourth-order valence-corrected chi connectivity index (χ4v) is 2.01. The van der Waals surface area contributed by atoms with Crippen molar-refractivity contribution in [2.24, 2.45) is 5.92 Å². The summed E-state index contributed by atoms with van der Waals surface area (Å²) < 4.78 is 5.27. The third kappa shape index (κ3) is 3.53. The number of rotatable bonds is 3. The van der Waals surface area contributed by atoms with E-state index >= 15 is 0 Å². The van der Waals surface area contributed by atoms with E-state index in [0.29, 0.717) is 18.2 Å². The number of carbonyl (C=O) groups is 1. The van der Waals surface area contributed by atoms with Gasteiger partial charge in [0.25, 0.3) is 0 Å². The Bertz CT molecular complexity index is 387. The molecule has 0 aromatic carbocycles. The lowest BCUT2D eigenvalue weighted by Gasteiger charge is -2.21. The summed E-state index contributed by atoms with van der Waals surface area (Å²) in [4.78, 5) is 16.0. The van der Waals surface area contributed by atoms with Gasteiger partial charge < -0.3 is 10.1 Å². The second-order valence-electron chi connectivity index (χ2n) is 4.48. The van der Waals surface area contributed by atoms with Gasteiger partial charge in [-0.1, -0.05) is 6.07 Å². The summed E-state index contributed by atoms with van der Waals surface area (Å²) >= 11 is 0. The number of nitrogens with one attached hydrogen (secondary N) is 1. The van der Waals surface area contributed by atoms with Crippen molar-refractivity contribution < 1.29 is 9.53 Å². The molecule has 0 atom stereocenters. The fourth-order valence-electron chi connectivity index (χ4n) is 2.01. The first-order valence-electron chi connectivity index (χ1n) is 6.05. The van der Waals surface area contributed by atoms with Crippen LogP contribution in [0.1, 0.15) is 24.8 Å². The molecule has 1 aromatic rings. The molecule has 1 saturated heterocycles. The van der Waals surface area contributed by atoms with E-state index in [1.54, 1.807) is 6.20 Å². The number of carbonyl (C=O) groups excluding carboxylic acids is 1. The summed E-state index contributed by atoms with van der Waals surface area (Å²) in [6.45, 7) is 3.50. The lowest BCUT2D eigenvalue weighted by atomic mass is 9.96. The van der Waals surface area contributed by atoms with Crippen molar-refractivity contribution in [3.05, 3.63) is 23.9 Å². The van der Waals surface area contributed by atoms with Gasteiger partial charge in [0.05, 0.1) is 0 Å². The van der Waals surface area contributed by atoms with Gasteiger partial charge >= 0.3 is 0 Å². The van der Waals surface area contributed by atoms with Gasteiger partial charge in [-0.05, 0) is 37.3 Å². The molecule has 2 rings (SSSR count). The van der Waals surface area contributed by atoms with Crippen LogP contribution in [-0.2, 0) is 9.53 Å². The van der Waals surface area contributed by atoms with E-state index in [4.69, 9.17) is 4.74 Å². The van der Waals surface area contributed by atoms with Crippen molar-refractivity contribution >= 4 is 11.7 Å². The van der Waals surface area contributed by atoms with E-state index in [2.05, 4.69) is 10.3 Å². The first-order valence-corrected chi connectivity index (χ1v) is 6.05. The molecule has 1 fully saturated rings. The van der Waals surface area contributed by atoms with E-state index in [-0.39, 0.29) is 5.91 Å². The summed E-state index contributed by atoms with van der Waals surface area (Å²) in [5.41, 5.74) is 0.993. The lowest BCUT2D eigenvalue weighted by Crippen LogP contribution is -2.22. The highest BCUT2D eigenvalue weighted by atomic mass is 16.5. The molecule has 1 aliphatic heterocycles. The Morgan fingerprint density at radius 2 is 2.29 bits per heavy atom. The first-order chi connectivity index (χ1) is 8.25. The largest absolute Gasteiger partial charge is 0.381 e. The Labute approximate surface area is 101 Å². The molecule has 92 valence electrons. The van der Waals surface area contributed by atoms with Crippen molar-refractivity contribution in [2.75, 3.05) is 18.5 Å². The molecule has 0 bridgehead atoms. The van der Waals surface area contributed by atoms with Crippen LogP contribution in [0.2, 0.25) is 0 Å². The second kappa shape index (κ2) is 5.77. The molecule has 0 saturated carbocycles. The third-order valence-corrected chi connectivity index (χ3v) is 3.08. The minimum Gasteiger partial charge on any atom is -0.381 e. The Morgan fingerprint density at radius 3 is 3.00 bits per heavy atom. The van der Waals surface area contributed by atoms with E-state index in [0.717, 1.165) is 31.6 Å². The van der Waals surface area contributed by atoms with E-state index in [1.165, 1.54) is 0 Å². The van der Waals surface area contributed by atoms with Crippen LogP contribution in [0.3, 0.4) is 0 Å². The van der Waals surface area contributed by atoms with Crippen LogP contribution in [0.15, 0.2) is 18.3 Å². The highest BCUT2D eigenvalue weighted by Gasteiger charge is 2.17. The monoisotopic (exact) mass is 234 g/mol. The van der Waals surface area contributed by atoms with Crippen molar-refractivity contribution in [3.8, 4) is 0 Å². The smallest absolute Gasteiger partial charge is 0.225 e. The number of pyridine rings is 1.